The summed E-state index contributed by atoms with van der Waals surface area (Å²) in [7, 11) is 1.56. The maximum atomic E-state index is 12.0. The van der Waals surface area contributed by atoms with Gasteiger partial charge in [-0.05, 0) is 11.6 Å². The van der Waals surface area contributed by atoms with Gasteiger partial charge in [0.1, 0.15) is 5.75 Å². The zero-order valence-electron chi connectivity index (χ0n) is 9.59. The molecule has 0 bridgehead atoms. The third-order valence-corrected chi connectivity index (χ3v) is 2.48. The SMILES string of the molecule is COc1cncc(C(=O)Cc2ccccc2)c1. The molecule has 0 aliphatic rings. The summed E-state index contributed by atoms with van der Waals surface area (Å²) < 4.78 is 5.04. The van der Waals surface area contributed by atoms with Crippen molar-refractivity contribution in [2.24, 2.45) is 0 Å². The Morgan fingerprint density at radius 2 is 2.00 bits per heavy atom. The molecule has 1 heterocycles. The van der Waals surface area contributed by atoms with E-state index in [4.69, 9.17) is 4.74 Å². The molecular formula is C14H13NO2. The van der Waals surface area contributed by atoms with Crippen molar-refractivity contribution < 1.29 is 9.53 Å². The third-order valence-electron chi connectivity index (χ3n) is 2.48. The first-order chi connectivity index (χ1) is 8.29. The van der Waals surface area contributed by atoms with Crippen LogP contribution in [0.1, 0.15) is 15.9 Å². The molecule has 86 valence electrons. The number of Topliss-reactive ketones (excluding diaryl/α,β-unsaturated/α-hetero) is 1. The quantitative estimate of drug-likeness (QED) is 0.753. The van der Waals surface area contributed by atoms with Crippen LogP contribution in [0.15, 0.2) is 48.8 Å². The summed E-state index contributed by atoms with van der Waals surface area (Å²) in [5.41, 5.74) is 1.58. The second-order valence-electron chi connectivity index (χ2n) is 3.70. The van der Waals surface area contributed by atoms with Gasteiger partial charge in [-0.2, -0.15) is 0 Å². The van der Waals surface area contributed by atoms with Crippen LogP contribution in [-0.4, -0.2) is 17.9 Å². The predicted octanol–water partition coefficient (Wildman–Crippen LogP) is 2.52. The van der Waals surface area contributed by atoms with Crippen molar-refractivity contribution in [1.82, 2.24) is 4.98 Å². The lowest BCUT2D eigenvalue weighted by atomic mass is 10.0. The summed E-state index contributed by atoms with van der Waals surface area (Å²) in [6, 6.07) is 11.4. The van der Waals surface area contributed by atoms with Crippen LogP contribution < -0.4 is 4.74 Å². The fourth-order valence-corrected chi connectivity index (χ4v) is 1.57. The summed E-state index contributed by atoms with van der Waals surface area (Å²) in [6.45, 7) is 0. The summed E-state index contributed by atoms with van der Waals surface area (Å²) in [4.78, 5) is 16.0. The monoisotopic (exact) mass is 227 g/mol. The van der Waals surface area contributed by atoms with E-state index in [2.05, 4.69) is 4.98 Å². The molecule has 3 heteroatoms. The smallest absolute Gasteiger partial charge is 0.168 e. The van der Waals surface area contributed by atoms with Crippen molar-refractivity contribution in [2.75, 3.05) is 7.11 Å². The number of rotatable bonds is 4. The highest BCUT2D eigenvalue weighted by Gasteiger charge is 2.08. The summed E-state index contributed by atoms with van der Waals surface area (Å²) in [5.74, 6) is 0.645. The number of hydrogen-bond acceptors (Lipinski definition) is 3. The van der Waals surface area contributed by atoms with Crippen molar-refractivity contribution in [3.63, 3.8) is 0 Å². The molecule has 0 aliphatic carbocycles. The minimum atomic E-state index is 0.0441. The number of nitrogens with zero attached hydrogens (tertiary/aromatic N) is 1. The number of benzene rings is 1. The van der Waals surface area contributed by atoms with Gasteiger partial charge in [0.05, 0.1) is 13.3 Å². The molecule has 3 nitrogen and oxygen atoms in total. The van der Waals surface area contributed by atoms with E-state index in [1.54, 1.807) is 25.6 Å². The zero-order valence-corrected chi connectivity index (χ0v) is 9.59. The Labute approximate surface area is 100 Å². The van der Waals surface area contributed by atoms with Crippen molar-refractivity contribution in [2.45, 2.75) is 6.42 Å². The second-order valence-corrected chi connectivity index (χ2v) is 3.70. The minimum absolute atomic E-state index is 0.0441. The molecule has 17 heavy (non-hydrogen) atoms. The topological polar surface area (TPSA) is 39.2 Å². The van der Waals surface area contributed by atoms with Crippen molar-refractivity contribution in [3.8, 4) is 5.75 Å². The standard InChI is InChI=1S/C14H13NO2/c1-17-13-8-12(9-15-10-13)14(16)7-11-5-3-2-4-6-11/h2-6,8-10H,7H2,1H3. The van der Waals surface area contributed by atoms with E-state index in [0.717, 1.165) is 5.56 Å². The lowest BCUT2D eigenvalue weighted by Gasteiger charge is -2.03. The van der Waals surface area contributed by atoms with Crippen LogP contribution in [0.2, 0.25) is 0 Å². The molecule has 0 fully saturated rings. The molecule has 1 aromatic carbocycles. The number of carbonyl (C=O) groups excluding carboxylic acids is 1. The van der Waals surface area contributed by atoms with Crippen LogP contribution in [0.4, 0.5) is 0 Å². The highest BCUT2D eigenvalue weighted by Crippen LogP contribution is 2.13. The van der Waals surface area contributed by atoms with E-state index in [-0.39, 0.29) is 5.78 Å². The maximum Gasteiger partial charge on any atom is 0.168 e. The molecular weight excluding hydrogens is 214 g/mol. The first-order valence-corrected chi connectivity index (χ1v) is 5.36. The van der Waals surface area contributed by atoms with E-state index >= 15 is 0 Å². The Bertz CT molecular complexity index is 509. The van der Waals surface area contributed by atoms with Crippen LogP contribution >= 0.6 is 0 Å². The van der Waals surface area contributed by atoms with Crippen LogP contribution in [-0.2, 0) is 6.42 Å². The molecule has 0 atom stereocenters. The molecule has 0 amide bonds. The Morgan fingerprint density at radius 3 is 2.71 bits per heavy atom. The normalized spacial score (nSPS) is 9.94. The van der Waals surface area contributed by atoms with Gasteiger partial charge in [0.15, 0.2) is 5.78 Å². The average molecular weight is 227 g/mol. The molecule has 0 unspecified atom stereocenters. The molecule has 1 aromatic heterocycles. The van der Waals surface area contributed by atoms with Crippen LogP contribution in [0.25, 0.3) is 0 Å². The highest BCUT2D eigenvalue weighted by molar-refractivity contribution is 5.97. The van der Waals surface area contributed by atoms with E-state index in [0.29, 0.717) is 17.7 Å². The Hall–Kier alpha value is -2.16. The molecule has 0 N–H and O–H groups in total. The van der Waals surface area contributed by atoms with Gasteiger partial charge in [0.2, 0.25) is 0 Å². The van der Waals surface area contributed by atoms with Crippen molar-refractivity contribution in [3.05, 3.63) is 59.9 Å². The van der Waals surface area contributed by atoms with Gasteiger partial charge in [0, 0.05) is 18.2 Å². The number of hydrogen-bond donors (Lipinski definition) is 0. The van der Waals surface area contributed by atoms with Gasteiger partial charge >= 0.3 is 0 Å². The van der Waals surface area contributed by atoms with E-state index in [1.807, 2.05) is 30.3 Å². The van der Waals surface area contributed by atoms with Gasteiger partial charge in [-0.3, -0.25) is 9.78 Å². The number of carbonyl (C=O) groups is 1. The van der Waals surface area contributed by atoms with Crippen molar-refractivity contribution in [1.29, 1.82) is 0 Å². The first kappa shape index (κ1) is 11.3. The van der Waals surface area contributed by atoms with E-state index in [1.165, 1.54) is 0 Å². The Morgan fingerprint density at radius 1 is 1.24 bits per heavy atom. The van der Waals surface area contributed by atoms with E-state index in [9.17, 15) is 4.79 Å². The fourth-order valence-electron chi connectivity index (χ4n) is 1.57. The average Bonchev–Trinajstić information content (AvgIpc) is 2.40. The maximum absolute atomic E-state index is 12.0. The van der Waals surface area contributed by atoms with Crippen molar-refractivity contribution >= 4 is 5.78 Å². The predicted molar refractivity (Wildman–Crippen MR) is 65.3 cm³/mol. The number of methoxy groups -OCH3 is 1. The second kappa shape index (κ2) is 5.25. The molecule has 2 aromatic rings. The lowest BCUT2D eigenvalue weighted by Crippen LogP contribution is -2.04. The molecule has 2 rings (SSSR count). The van der Waals surface area contributed by atoms with Gasteiger partial charge < -0.3 is 4.74 Å². The molecule has 0 radical (unpaired) electrons. The number of aromatic nitrogens is 1. The first-order valence-electron chi connectivity index (χ1n) is 5.36. The minimum Gasteiger partial charge on any atom is -0.495 e. The van der Waals surface area contributed by atoms with Crippen LogP contribution in [0, 0.1) is 0 Å². The molecule has 0 aliphatic heterocycles. The summed E-state index contributed by atoms with van der Waals surface area (Å²) >= 11 is 0. The van der Waals surface area contributed by atoms with Gasteiger partial charge in [-0.25, -0.2) is 0 Å². The van der Waals surface area contributed by atoms with Gasteiger partial charge in [0.25, 0.3) is 0 Å². The fraction of sp³-hybridized carbons (Fsp3) is 0.143. The number of ketones is 1. The Kier molecular flexibility index (Phi) is 3.50. The number of pyridine rings is 1. The zero-order chi connectivity index (χ0) is 12.1. The van der Waals surface area contributed by atoms with Crippen LogP contribution in [0.5, 0.6) is 5.75 Å². The van der Waals surface area contributed by atoms with Gasteiger partial charge in [-0.15, -0.1) is 0 Å². The third kappa shape index (κ3) is 2.91. The van der Waals surface area contributed by atoms with Gasteiger partial charge in [-0.1, -0.05) is 30.3 Å². The summed E-state index contributed by atoms with van der Waals surface area (Å²) in [5, 5.41) is 0. The number of ether oxygens (including phenoxy) is 1. The largest absolute Gasteiger partial charge is 0.495 e. The van der Waals surface area contributed by atoms with Crippen LogP contribution in [0.3, 0.4) is 0 Å². The lowest BCUT2D eigenvalue weighted by molar-refractivity contribution is 0.0992. The molecule has 0 saturated heterocycles. The summed E-state index contributed by atoms with van der Waals surface area (Å²) in [6.07, 6.45) is 3.53. The molecule has 0 spiro atoms. The molecule has 0 saturated carbocycles. The van der Waals surface area contributed by atoms with E-state index < -0.39 is 0 Å². The Balaban J connectivity index is 2.14. The highest BCUT2D eigenvalue weighted by atomic mass is 16.5.